The number of piperidine rings is 1. The van der Waals surface area contributed by atoms with Crippen molar-refractivity contribution < 1.29 is 9.53 Å². The molecule has 2 heterocycles. The van der Waals surface area contributed by atoms with Crippen LogP contribution in [0.15, 0.2) is 52.1 Å². The van der Waals surface area contributed by atoms with E-state index in [0.717, 1.165) is 5.56 Å². The van der Waals surface area contributed by atoms with E-state index < -0.39 is 5.69 Å². The molecule has 1 aliphatic rings. The number of rotatable bonds is 6. The molecule has 0 aliphatic carbocycles. The lowest BCUT2D eigenvalue weighted by molar-refractivity contribution is -0.150. The summed E-state index contributed by atoms with van der Waals surface area (Å²) in [5, 5.41) is 1.39. The van der Waals surface area contributed by atoms with Crippen molar-refractivity contribution in [3.63, 3.8) is 0 Å². The lowest BCUT2D eigenvalue weighted by Crippen LogP contribution is -2.46. The summed E-state index contributed by atoms with van der Waals surface area (Å²) >= 11 is 12.3. The van der Waals surface area contributed by atoms with Gasteiger partial charge in [-0.25, -0.2) is 4.79 Å². The molecular weight excluding hydrogens is 465 g/mol. The first kappa shape index (κ1) is 23.5. The van der Waals surface area contributed by atoms with Gasteiger partial charge in [0.25, 0.3) is 5.56 Å². The molecule has 0 amide bonds. The second-order valence-corrected chi connectivity index (χ2v) is 8.97. The molecule has 1 fully saturated rings. The van der Waals surface area contributed by atoms with Gasteiger partial charge < -0.3 is 14.6 Å². The van der Waals surface area contributed by atoms with Gasteiger partial charge in [0.15, 0.2) is 0 Å². The van der Waals surface area contributed by atoms with Crippen LogP contribution >= 0.6 is 23.2 Å². The van der Waals surface area contributed by atoms with Crippen LogP contribution in [-0.4, -0.2) is 46.7 Å². The summed E-state index contributed by atoms with van der Waals surface area (Å²) in [6.07, 6.45) is 0.713. The van der Waals surface area contributed by atoms with Crippen molar-refractivity contribution in [2.75, 3.05) is 26.2 Å². The summed E-state index contributed by atoms with van der Waals surface area (Å²) in [7, 11) is 0. The molecule has 2 unspecified atom stereocenters. The van der Waals surface area contributed by atoms with Gasteiger partial charge in [0.05, 0.1) is 33.5 Å². The average Bonchev–Trinajstić information content (AvgIpc) is 2.81. The number of fused-ring (bicyclic) bond motifs is 1. The molecule has 4 rings (SSSR count). The fourth-order valence-electron chi connectivity index (χ4n) is 4.50. The number of halogens is 2. The van der Waals surface area contributed by atoms with E-state index in [1.165, 1.54) is 4.57 Å². The van der Waals surface area contributed by atoms with Crippen molar-refractivity contribution in [2.45, 2.75) is 25.8 Å². The molecule has 1 aromatic heterocycles. The summed E-state index contributed by atoms with van der Waals surface area (Å²) in [4.78, 5) is 42.9. The van der Waals surface area contributed by atoms with E-state index in [4.69, 9.17) is 27.9 Å². The Labute approximate surface area is 200 Å². The average molecular weight is 490 g/mol. The van der Waals surface area contributed by atoms with Crippen LogP contribution in [0.2, 0.25) is 10.0 Å². The topological polar surface area (TPSA) is 84.4 Å². The summed E-state index contributed by atoms with van der Waals surface area (Å²) in [6, 6.07) is 12.4. The number of hydrogen-bond acceptors (Lipinski definition) is 5. The third kappa shape index (κ3) is 5.00. The maximum absolute atomic E-state index is 12.8. The van der Waals surface area contributed by atoms with Gasteiger partial charge in [-0.15, -0.1) is 0 Å². The van der Waals surface area contributed by atoms with Gasteiger partial charge in [-0.1, -0.05) is 41.4 Å². The smallest absolute Gasteiger partial charge is 0.328 e. The number of carbonyl (C=O) groups excluding carboxylic acids is 1. The standard InChI is InChI=1S/C24H25Cl2N3O4/c1-2-33-23(31)18-14-28(10-9-16(18)15-7-8-19(25)20(26)13-15)11-12-29-22(30)17-5-3-4-6-21(17)27-24(29)32/h3-8,13,16,18H,2,9-12,14H2,1H3,(H,27,32). The minimum absolute atomic E-state index is 0.0538. The molecule has 3 aromatic rings. The fraction of sp³-hybridized carbons (Fsp3) is 0.375. The predicted octanol–water partition coefficient (Wildman–Crippen LogP) is 3.67. The second kappa shape index (κ2) is 10.1. The van der Waals surface area contributed by atoms with Gasteiger partial charge >= 0.3 is 11.7 Å². The van der Waals surface area contributed by atoms with E-state index >= 15 is 0 Å². The Kier molecular flexibility index (Phi) is 7.22. The lowest BCUT2D eigenvalue weighted by atomic mass is 9.80. The molecule has 1 N–H and O–H groups in total. The first-order valence-corrected chi connectivity index (χ1v) is 11.7. The number of aromatic nitrogens is 2. The molecular formula is C24H25Cl2N3O4. The van der Waals surface area contributed by atoms with Crippen LogP contribution in [-0.2, 0) is 16.1 Å². The van der Waals surface area contributed by atoms with E-state index in [2.05, 4.69) is 9.88 Å². The molecule has 0 radical (unpaired) electrons. The number of aromatic amines is 1. The minimum Gasteiger partial charge on any atom is -0.466 e. The van der Waals surface area contributed by atoms with Crippen LogP contribution in [0, 0.1) is 5.92 Å². The van der Waals surface area contributed by atoms with Crippen molar-refractivity contribution in [2.24, 2.45) is 5.92 Å². The van der Waals surface area contributed by atoms with E-state index in [0.29, 0.717) is 53.6 Å². The number of H-pyrrole nitrogens is 1. The van der Waals surface area contributed by atoms with Crippen molar-refractivity contribution in [3.05, 3.63) is 78.9 Å². The highest BCUT2D eigenvalue weighted by Gasteiger charge is 2.36. The summed E-state index contributed by atoms with van der Waals surface area (Å²) in [5.74, 6) is -0.705. The van der Waals surface area contributed by atoms with Crippen molar-refractivity contribution in [3.8, 4) is 0 Å². The summed E-state index contributed by atoms with van der Waals surface area (Å²) in [5.41, 5.74) is 0.714. The van der Waals surface area contributed by atoms with Crippen molar-refractivity contribution in [1.82, 2.24) is 14.5 Å². The summed E-state index contributed by atoms with van der Waals surface area (Å²) in [6.45, 7) is 3.94. The van der Waals surface area contributed by atoms with Crippen molar-refractivity contribution in [1.29, 1.82) is 0 Å². The molecule has 2 aromatic carbocycles. The summed E-state index contributed by atoms with van der Waals surface area (Å²) < 4.78 is 6.56. The van der Waals surface area contributed by atoms with Crippen LogP contribution in [0.25, 0.3) is 10.9 Å². The second-order valence-electron chi connectivity index (χ2n) is 8.16. The van der Waals surface area contributed by atoms with Gasteiger partial charge in [0.2, 0.25) is 0 Å². The molecule has 0 bridgehead atoms. The molecule has 1 aliphatic heterocycles. The van der Waals surface area contributed by atoms with Crippen LogP contribution in [0.3, 0.4) is 0 Å². The number of hydrogen-bond donors (Lipinski definition) is 1. The highest BCUT2D eigenvalue weighted by molar-refractivity contribution is 6.42. The molecule has 2 atom stereocenters. The van der Waals surface area contributed by atoms with Crippen LogP contribution < -0.4 is 11.2 Å². The Morgan fingerprint density at radius 1 is 1.12 bits per heavy atom. The zero-order valence-electron chi connectivity index (χ0n) is 18.2. The first-order valence-electron chi connectivity index (χ1n) is 10.9. The Hall–Kier alpha value is -2.61. The van der Waals surface area contributed by atoms with E-state index in [-0.39, 0.29) is 29.9 Å². The number of nitrogens with one attached hydrogen (secondary N) is 1. The Morgan fingerprint density at radius 3 is 2.67 bits per heavy atom. The molecule has 1 saturated heterocycles. The zero-order valence-corrected chi connectivity index (χ0v) is 19.7. The number of benzene rings is 2. The third-order valence-corrected chi connectivity index (χ3v) is 6.93. The molecule has 0 saturated carbocycles. The van der Waals surface area contributed by atoms with Crippen LogP contribution in [0.4, 0.5) is 0 Å². The van der Waals surface area contributed by atoms with Gasteiger partial charge in [-0.05, 0) is 55.6 Å². The Bertz CT molecular complexity index is 1290. The van der Waals surface area contributed by atoms with Crippen LogP contribution in [0.5, 0.6) is 0 Å². The normalized spacial score (nSPS) is 19.0. The predicted molar refractivity (Wildman–Crippen MR) is 129 cm³/mol. The molecule has 33 heavy (non-hydrogen) atoms. The van der Waals surface area contributed by atoms with Gasteiger partial charge in [0.1, 0.15) is 0 Å². The zero-order chi connectivity index (χ0) is 23.5. The number of ether oxygens (including phenoxy) is 1. The number of carbonyl (C=O) groups is 1. The Morgan fingerprint density at radius 2 is 1.91 bits per heavy atom. The van der Waals surface area contributed by atoms with E-state index in [9.17, 15) is 14.4 Å². The highest BCUT2D eigenvalue weighted by Crippen LogP contribution is 2.36. The molecule has 9 heteroatoms. The third-order valence-electron chi connectivity index (χ3n) is 6.19. The fourth-order valence-corrected chi connectivity index (χ4v) is 4.80. The first-order chi connectivity index (χ1) is 15.9. The largest absolute Gasteiger partial charge is 0.466 e. The minimum atomic E-state index is -0.439. The van der Waals surface area contributed by atoms with E-state index in [1.807, 2.05) is 12.1 Å². The van der Waals surface area contributed by atoms with Gasteiger partial charge in [-0.3, -0.25) is 14.2 Å². The molecule has 174 valence electrons. The number of esters is 1. The maximum Gasteiger partial charge on any atom is 0.328 e. The number of para-hydroxylation sites is 1. The maximum atomic E-state index is 12.8. The highest BCUT2D eigenvalue weighted by atomic mass is 35.5. The number of nitrogens with zero attached hydrogens (tertiary/aromatic N) is 2. The SMILES string of the molecule is CCOC(=O)C1CN(CCn2c(=O)[nH]c3ccccc3c2=O)CCC1c1ccc(Cl)c(Cl)c1. The number of likely N-dealkylation sites (tertiary alicyclic amines) is 1. The van der Waals surface area contributed by atoms with Crippen LogP contribution in [0.1, 0.15) is 24.8 Å². The lowest BCUT2D eigenvalue weighted by Gasteiger charge is -2.37. The monoisotopic (exact) mass is 489 g/mol. The van der Waals surface area contributed by atoms with Crippen molar-refractivity contribution >= 4 is 40.1 Å². The Balaban J connectivity index is 1.53. The van der Waals surface area contributed by atoms with Gasteiger partial charge in [0, 0.05) is 19.6 Å². The quantitative estimate of drug-likeness (QED) is 0.534. The van der Waals surface area contributed by atoms with Gasteiger partial charge in [-0.2, -0.15) is 0 Å². The van der Waals surface area contributed by atoms with E-state index in [1.54, 1.807) is 37.3 Å². The molecule has 7 nitrogen and oxygen atoms in total. The molecule has 0 spiro atoms.